The lowest BCUT2D eigenvalue weighted by atomic mass is 9.78. The second-order valence-electron chi connectivity index (χ2n) is 9.73. The second kappa shape index (κ2) is 12.5. The summed E-state index contributed by atoms with van der Waals surface area (Å²) >= 11 is 0. The van der Waals surface area contributed by atoms with E-state index in [1.807, 2.05) is 37.7 Å². The minimum atomic E-state index is -0.763. The Hall–Kier alpha value is -0.320. The van der Waals surface area contributed by atoms with Crippen LogP contribution in [-0.2, 0) is 4.74 Å². The number of nitrogens with two attached hydrogens (primary N) is 2. The van der Waals surface area contributed by atoms with Crippen LogP contribution < -0.4 is 11.5 Å². The predicted octanol–water partition coefficient (Wildman–Crippen LogP) is 0.0859. The molecule has 174 valence electrons. The first-order valence-corrected chi connectivity index (χ1v) is 11.0. The molecular formula is C21H46N4O4. The van der Waals surface area contributed by atoms with Crippen LogP contribution in [0, 0.1) is 0 Å². The van der Waals surface area contributed by atoms with Gasteiger partial charge in [-0.2, -0.15) is 0 Å². The number of aliphatic hydroxyl groups is 3. The van der Waals surface area contributed by atoms with Crippen LogP contribution in [0.5, 0.6) is 0 Å². The van der Waals surface area contributed by atoms with Gasteiger partial charge in [-0.1, -0.05) is 19.3 Å². The molecule has 1 aliphatic rings. The Morgan fingerprint density at radius 1 is 1.07 bits per heavy atom. The van der Waals surface area contributed by atoms with Crippen LogP contribution >= 0.6 is 0 Å². The Balaban J connectivity index is 2.92. The SMILES string of the molecule is CN(CCO)CC(CC(C)(C)N)OC(C(O)CC1(N)CCCCC1)N(C)CCO. The van der Waals surface area contributed by atoms with Crippen LogP contribution in [0.3, 0.4) is 0 Å². The van der Waals surface area contributed by atoms with E-state index in [9.17, 15) is 15.3 Å². The van der Waals surface area contributed by atoms with Gasteiger partial charge in [-0.3, -0.25) is 4.90 Å². The van der Waals surface area contributed by atoms with Crippen LogP contribution in [-0.4, -0.2) is 102 Å². The summed E-state index contributed by atoms with van der Waals surface area (Å²) in [5.74, 6) is 0. The summed E-state index contributed by atoms with van der Waals surface area (Å²) < 4.78 is 6.41. The molecule has 3 atom stereocenters. The largest absolute Gasteiger partial charge is 0.395 e. The highest BCUT2D eigenvalue weighted by Crippen LogP contribution is 2.31. The number of rotatable bonds is 14. The summed E-state index contributed by atoms with van der Waals surface area (Å²) in [6.07, 6.45) is 4.72. The van der Waals surface area contributed by atoms with Crippen molar-refractivity contribution >= 4 is 0 Å². The average Bonchev–Trinajstić information content (AvgIpc) is 2.58. The van der Waals surface area contributed by atoms with E-state index < -0.39 is 17.9 Å². The monoisotopic (exact) mass is 418 g/mol. The van der Waals surface area contributed by atoms with Crippen molar-refractivity contribution < 1.29 is 20.1 Å². The van der Waals surface area contributed by atoms with Crippen molar-refractivity contribution in [1.29, 1.82) is 0 Å². The lowest BCUT2D eigenvalue weighted by Gasteiger charge is -2.41. The van der Waals surface area contributed by atoms with Gasteiger partial charge in [-0.15, -0.1) is 0 Å². The number of ether oxygens (including phenoxy) is 1. The van der Waals surface area contributed by atoms with E-state index in [4.69, 9.17) is 16.2 Å². The van der Waals surface area contributed by atoms with Crippen LogP contribution in [0.2, 0.25) is 0 Å². The number of likely N-dealkylation sites (N-methyl/N-ethyl adjacent to an activating group) is 2. The zero-order chi connectivity index (χ0) is 22.1. The van der Waals surface area contributed by atoms with Crippen molar-refractivity contribution in [3.8, 4) is 0 Å². The summed E-state index contributed by atoms with van der Waals surface area (Å²) in [5, 5.41) is 29.7. The molecule has 0 bridgehead atoms. The molecule has 7 N–H and O–H groups in total. The van der Waals surface area contributed by atoms with Gasteiger partial charge in [0.1, 0.15) is 6.23 Å². The molecule has 0 spiro atoms. The third-order valence-electron chi connectivity index (χ3n) is 5.76. The zero-order valence-electron chi connectivity index (χ0n) is 19.0. The smallest absolute Gasteiger partial charge is 0.137 e. The maximum atomic E-state index is 11.1. The average molecular weight is 419 g/mol. The molecule has 0 aromatic rings. The molecule has 3 unspecified atom stereocenters. The Morgan fingerprint density at radius 3 is 2.17 bits per heavy atom. The first kappa shape index (κ1) is 26.7. The molecule has 1 saturated carbocycles. The predicted molar refractivity (Wildman–Crippen MR) is 116 cm³/mol. The van der Waals surface area contributed by atoms with Crippen molar-refractivity contribution in [3.63, 3.8) is 0 Å². The molecule has 0 aromatic carbocycles. The van der Waals surface area contributed by atoms with E-state index in [1.54, 1.807) is 0 Å². The van der Waals surface area contributed by atoms with Gasteiger partial charge in [0, 0.05) is 30.7 Å². The molecular weight excluding hydrogens is 372 g/mol. The van der Waals surface area contributed by atoms with Gasteiger partial charge in [0.15, 0.2) is 0 Å². The fraction of sp³-hybridized carbons (Fsp3) is 1.00. The van der Waals surface area contributed by atoms with E-state index in [0.717, 1.165) is 25.7 Å². The molecule has 0 aromatic heterocycles. The lowest BCUT2D eigenvalue weighted by Crippen LogP contribution is -2.54. The van der Waals surface area contributed by atoms with Crippen molar-refractivity contribution in [1.82, 2.24) is 9.80 Å². The molecule has 1 fully saturated rings. The molecule has 29 heavy (non-hydrogen) atoms. The minimum Gasteiger partial charge on any atom is -0.395 e. The maximum absolute atomic E-state index is 11.1. The molecule has 0 amide bonds. The molecule has 8 heteroatoms. The number of hydrogen-bond acceptors (Lipinski definition) is 8. The molecule has 0 radical (unpaired) electrons. The van der Waals surface area contributed by atoms with E-state index in [1.165, 1.54) is 6.42 Å². The van der Waals surface area contributed by atoms with Gasteiger partial charge >= 0.3 is 0 Å². The summed E-state index contributed by atoms with van der Waals surface area (Å²) in [4.78, 5) is 3.84. The summed E-state index contributed by atoms with van der Waals surface area (Å²) in [6.45, 7) is 5.48. The number of aliphatic hydroxyl groups excluding tert-OH is 3. The van der Waals surface area contributed by atoms with Crippen molar-refractivity contribution in [3.05, 3.63) is 0 Å². The van der Waals surface area contributed by atoms with Crippen LogP contribution in [0.15, 0.2) is 0 Å². The van der Waals surface area contributed by atoms with Gasteiger partial charge in [0.25, 0.3) is 0 Å². The minimum absolute atomic E-state index is 0.0195. The fourth-order valence-electron chi connectivity index (χ4n) is 4.30. The van der Waals surface area contributed by atoms with E-state index in [2.05, 4.69) is 0 Å². The second-order valence-corrected chi connectivity index (χ2v) is 9.73. The van der Waals surface area contributed by atoms with Gasteiger partial charge in [-0.25, -0.2) is 0 Å². The maximum Gasteiger partial charge on any atom is 0.137 e. The van der Waals surface area contributed by atoms with Gasteiger partial charge in [0.2, 0.25) is 0 Å². The number of nitrogens with zero attached hydrogens (tertiary/aromatic N) is 2. The Morgan fingerprint density at radius 2 is 1.66 bits per heavy atom. The standard InChI is InChI=1S/C21H46N4O4/c1-20(2,22)14-17(16-24(3)10-12-26)29-19(25(4)11-13-27)18(28)15-21(23)8-6-5-7-9-21/h17-19,26-28H,5-16,22-23H2,1-4H3. The molecule has 0 saturated heterocycles. The van der Waals surface area contributed by atoms with Crippen molar-refractivity contribution in [2.24, 2.45) is 11.5 Å². The van der Waals surface area contributed by atoms with Crippen molar-refractivity contribution in [2.45, 2.75) is 88.3 Å². The molecule has 1 rings (SSSR count). The van der Waals surface area contributed by atoms with Crippen molar-refractivity contribution in [2.75, 3.05) is 46.9 Å². The summed E-state index contributed by atoms with van der Waals surface area (Å²) in [7, 11) is 3.77. The summed E-state index contributed by atoms with van der Waals surface area (Å²) in [5.41, 5.74) is 12.0. The van der Waals surface area contributed by atoms with Gasteiger partial charge in [-0.05, 0) is 53.6 Å². The van der Waals surface area contributed by atoms with E-state index in [-0.39, 0.29) is 24.9 Å². The highest BCUT2D eigenvalue weighted by molar-refractivity contribution is 4.91. The van der Waals surface area contributed by atoms with E-state index in [0.29, 0.717) is 32.5 Å². The third-order valence-corrected chi connectivity index (χ3v) is 5.76. The Kier molecular flexibility index (Phi) is 11.5. The lowest BCUT2D eigenvalue weighted by molar-refractivity contribution is -0.162. The third kappa shape index (κ3) is 10.5. The van der Waals surface area contributed by atoms with Crippen LogP contribution in [0.4, 0.5) is 0 Å². The Labute approximate surface area is 177 Å². The first-order valence-electron chi connectivity index (χ1n) is 11.0. The topological polar surface area (TPSA) is 128 Å². The fourth-order valence-corrected chi connectivity index (χ4v) is 4.30. The van der Waals surface area contributed by atoms with Gasteiger partial charge in [0.05, 0.1) is 25.4 Å². The molecule has 0 heterocycles. The first-order chi connectivity index (χ1) is 13.5. The van der Waals surface area contributed by atoms with Crippen LogP contribution in [0.25, 0.3) is 0 Å². The van der Waals surface area contributed by atoms with Crippen LogP contribution in [0.1, 0.15) is 58.8 Å². The summed E-state index contributed by atoms with van der Waals surface area (Å²) in [6, 6.07) is 0. The molecule has 0 aliphatic heterocycles. The molecule has 1 aliphatic carbocycles. The highest BCUT2D eigenvalue weighted by Gasteiger charge is 2.36. The Bertz CT molecular complexity index is 441. The molecule has 8 nitrogen and oxygen atoms in total. The number of hydrogen-bond donors (Lipinski definition) is 5. The quantitative estimate of drug-likeness (QED) is 0.251. The van der Waals surface area contributed by atoms with Gasteiger partial charge < -0.3 is 36.4 Å². The van der Waals surface area contributed by atoms with E-state index >= 15 is 0 Å². The highest BCUT2D eigenvalue weighted by atomic mass is 16.5. The zero-order valence-corrected chi connectivity index (χ0v) is 19.0. The normalized spacial score (nSPS) is 20.8.